The Morgan fingerprint density at radius 3 is 1.52 bits per heavy atom. The standard InChI is InChI=1S/C22H22N2O2S3/c1-13-5-7-17(9-15(13)3)19(25)11-27-21-23-24-22(29-21)28-12-20(26)18-8-6-14(2)16(4)10-18/h5-10H,11-12H2,1-4H3. The van der Waals surface area contributed by atoms with E-state index in [1.807, 2.05) is 64.1 Å². The van der Waals surface area contributed by atoms with E-state index in [0.717, 1.165) is 30.9 Å². The molecule has 3 rings (SSSR count). The monoisotopic (exact) mass is 442 g/mol. The Bertz CT molecular complexity index is 978. The normalized spacial score (nSPS) is 10.9. The first-order valence-corrected chi connectivity index (χ1v) is 11.9. The quantitative estimate of drug-likeness (QED) is 0.328. The lowest BCUT2D eigenvalue weighted by Crippen LogP contribution is -2.03. The Labute approximate surface area is 183 Å². The lowest BCUT2D eigenvalue weighted by Gasteiger charge is -2.04. The number of Topliss-reactive ketones (excluding diaryl/α,β-unsaturated/α-hetero) is 2. The largest absolute Gasteiger partial charge is 0.293 e. The van der Waals surface area contributed by atoms with E-state index in [1.54, 1.807) is 0 Å². The van der Waals surface area contributed by atoms with Crippen LogP contribution in [-0.4, -0.2) is 33.3 Å². The van der Waals surface area contributed by atoms with Crippen LogP contribution in [0.5, 0.6) is 0 Å². The molecule has 0 aliphatic carbocycles. The zero-order valence-electron chi connectivity index (χ0n) is 16.8. The molecule has 0 fully saturated rings. The highest BCUT2D eigenvalue weighted by atomic mass is 32.2. The van der Waals surface area contributed by atoms with Crippen molar-refractivity contribution in [3.8, 4) is 0 Å². The van der Waals surface area contributed by atoms with Crippen LogP contribution in [0.15, 0.2) is 45.1 Å². The fraction of sp³-hybridized carbons (Fsp3) is 0.273. The van der Waals surface area contributed by atoms with Crippen LogP contribution in [0, 0.1) is 27.7 Å². The predicted molar refractivity (Wildman–Crippen MR) is 122 cm³/mol. The molecular formula is C22H22N2O2S3. The summed E-state index contributed by atoms with van der Waals surface area (Å²) in [5, 5.41) is 8.27. The predicted octanol–water partition coefficient (Wildman–Crippen LogP) is 5.72. The van der Waals surface area contributed by atoms with Crippen LogP contribution in [0.1, 0.15) is 43.0 Å². The molecule has 0 aliphatic heterocycles. The van der Waals surface area contributed by atoms with Gasteiger partial charge >= 0.3 is 0 Å². The van der Waals surface area contributed by atoms with Gasteiger partial charge in [0.2, 0.25) is 0 Å². The lowest BCUT2D eigenvalue weighted by atomic mass is 10.0. The second kappa shape index (κ2) is 9.69. The number of aromatic nitrogens is 2. The summed E-state index contributed by atoms with van der Waals surface area (Å²) in [7, 11) is 0. The molecule has 0 radical (unpaired) electrons. The van der Waals surface area contributed by atoms with Crippen molar-refractivity contribution in [1.29, 1.82) is 0 Å². The van der Waals surface area contributed by atoms with Crippen molar-refractivity contribution in [2.45, 2.75) is 36.4 Å². The van der Waals surface area contributed by atoms with Crippen LogP contribution in [0.2, 0.25) is 0 Å². The van der Waals surface area contributed by atoms with Crippen molar-refractivity contribution in [2.75, 3.05) is 11.5 Å². The maximum absolute atomic E-state index is 12.4. The molecule has 3 aromatic rings. The van der Waals surface area contributed by atoms with Gasteiger partial charge in [-0.3, -0.25) is 9.59 Å². The number of hydrogen-bond acceptors (Lipinski definition) is 7. The molecule has 0 atom stereocenters. The Balaban J connectivity index is 1.52. The van der Waals surface area contributed by atoms with E-state index in [4.69, 9.17) is 0 Å². The van der Waals surface area contributed by atoms with Crippen molar-refractivity contribution in [2.24, 2.45) is 0 Å². The maximum atomic E-state index is 12.4. The molecule has 0 N–H and O–H groups in total. The number of rotatable bonds is 8. The van der Waals surface area contributed by atoms with E-state index >= 15 is 0 Å². The molecule has 0 saturated heterocycles. The average Bonchev–Trinajstić information content (AvgIpc) is 3.16. The van der Waals surface area contributed by atoms with Crippen LogP contribution in [0.25, 0.3) is 0 Å². The van der Waals surface area contributed by atoms with Gasteiger partial charge in [-0.2, -0.15) is 0 Å². The summed E-state index contributed by atoms with van der Waals surface area (Å²) in [5.74, 6) is 0.798. The van der Waals surface area contributed by atoms with Gasteiger partial charge in [-0.15, -0.1) is 10.2 Å². The van der Waals surface area contributed by atoms with Gasteiger partial charge in [-0.1, -0.05) is 59.1 Å². The number of aryl methyl sites for hydroxylation is 4. The maximum Gasteiger partial charge on any atom is 0.175 e. The SMILES string of the molecule is Cc1ccc(C(=O)CSc2nnc(SCC(=O)c3ccc(C)c(C)c3)s2)cc1C. The van der Waals surface area contributed by atoms with Crippen molar-refractivity contribution < 1.29 is 9.59 Å². The molecule has 150 valence electrons. The van der Waals surface area contributed by atoms with E-state index in [1.165, 1.54) is 46.0 Å². The first-order chi connectivity index (χ1) is 13.8. The fourth-order valence-corrected chi connectivity index (χ4v) is 5.37. The van der Waals surface area contributed by atoms with Gasteiger partial charge in [0.05, 0.1) is 11.5 Å². The molecule has 0 spiro atoms. The number of carbonyl (C=O) groups is 2. The molecule has 2 aromatic carbocycles. The van der Waals surface area contributed by atoms with Gasteiger partial charge in [-0.05, 0) is 62.1 Å². The molecule has 0 aliphatic rings. The minimum Gasteiger partial charge on any atom is -0.293 e. The highest BCUT2D eigenvalue weighted by molar-refractivity contribution is 8.03. The minimum absolute atomic E-state index is 0.0763. The molecule has 0 amide bonds. The number of nitrogens with zero attached hydrogens (tertiary/aromatic N) is 2. The van der Waals surface area contributed by atoms with Crippen molar-refractivity contribution in [1.82, 2.24) is 10.2 Å². The zero-order chi connectivity index (χ0) is 21.0. The van der Waals surface area contributed by atoms with E-state index < -0.39 is 0 Å². The summed E-state index contributed by atoms with van der Waals surface area (Å²) in [6.07, 6.45) is 0. The third-order valence-corrected chi connectivity index (χ3v) is 7.89. The second-order valence-corrected chi connectivity index (χ2v) is 10.3. The molecule has 0 unspecified atom stereocenters. The topological polar surface area (TPSA) is 59.9 Å². The number of benzene rings is 2. The average molecular weight is 443 g/mol. The summed E-state index contributed by atoms with van der Waals surface area (Å²) < 4.78 is 1.48. The van der Waals surface area contributed by atoms with Crippen LogP contribution in [0.4, 0.5) is 0 Å². The smallest absolute Gasteiger partial charge is 0.175 e. The first-order valence-electron chi connectivity index (χ1n) is 9.13. The van der Waals surface area contributed by atoms with Gasteiger partial charge in [0.15, 0.2) is 20.2 Å². The molecule has 4 nitrogen and oxygen atoms in total. The molecule has 7 heteroatoms. The summed E-state index contributed by atoms with van der Waals surface area (Å²) in [6, 6.07) is 11.5. The van der Waals surface area contributed by atoms with Gasteiger partial charge in [0.1, 0.15) is 0 Å². The Hall–Kier alpha value is -1.96. The number of carbonyl (C=O) groups excluding carboxylic acids is 2. The Kier molecular flexibility index (Phi) is 7.27. The number of ketones is 2. The minimum atomic E-state index is 0.0763. The van der Waals surface area contributed by atoms with Gasteiger partial charge in [0, 0.05) is 11.1 Å². The van der Waals surface area contributed by atoms with Gasteiger partial charge < -0.3 is 0 Å². The van der Waals surface area contributed by atoms with E-state index in [9.17, 15) is 9.59 Å². The molecule has 1 heterocycles. The molecule has 0 saturated carbocycles. The van der Waals surface area contributed by atoms with E-state index in [0.29, 0.717) is 11.5 Å². The van der Waals surface area contributed by atoms with Crippen molar-refractivity contribution >= 4 is 46.4 Å². The highest BCUT2D eigenvalue weighted by Gasteiger charge is 2.13. The van der Waals surface area contributed by atoms with Crippen LogP contribution in [0.3, 0.4) is 0 Å². The summed E-state index contributed by atoms with van der Waals surface area (Å²) in [6.45, 7) is 8.08. The highest BCUT2D eigenvalue weighted by Crippen LogP contribution is 2.30. The van der Waals surface area contributed by atoms with E-state index in [-0.39, 0.29) is 11.6 Å². The van der Waals surface area contributed by atoms with Gasteiger partial charge in [0.25, 0.3) is 0 Å². The molecule has 1 aromatic heterocycles. The third-order valence-electron chi connectivity index (χ3n) is 4.70. The zero-order valence-corrected chi connectivity index (χ0v) is 19.3. The Morgan fingerprint density at radius 2 is 1.14 bits per heavy atom. The lowest BCUT2D eigenvalue weighted by molar-refractivity contribution is 0.101. The Morgan fingerprint density at radius 1 is 0.724 bits per heavy atom. The second-order valence-electron chi connectivity index (χ2n) is 6.86. The number of thioether (sulfide) groups is 2. The summed E-state index contributed by atoms with van der Waals surface area (Å²) in [4.78, 5) is 24.8. The van der Waals surface area contributed by atoms with Crippen LogP contribution >= 0.6 is 34.9 Å². The molecule has 0 bridgehead atoms. The van der Waals surface area contributed by atoms with E-state index in [2.05, 4.69) is 10.2 Å². The number of hydrogen-bond donors (Lipinski definition) is 0. The van der Waals surface area contributed by atoms with Gasteiger partial charge in [-0.25, -0.2) is 0 Å². The molecular weight excluding hydrogens is 420 g/mol. The first kappa shape index (κ1) is 21.7. The van der Waals surface area contributed by atoms with Crippen molar-refractivity contribution in [3.63, 3.8) is 0 Å². The molecule has 29 heavy (non-hydrogen) atoms. The fourth-order valence-electron chi connectivity index (χ4n) is 2.56. The summed E-state index contributed by atoms with van der Waals surface area (Å²) >= 11 is 4.19. The van der Waals surface area contributed by atoms with Crippen LogP contribution < -0.4 is 0 Å². The van der Waals surface area contributed by atoms with Crippen LogP contribution in [-0.2, 0) is 0 Å². The third kappa shape index (κ3) is 5.78. The summed E-state index contributed by atoms with van der Waals surface area (Å²) in [5.41, 5.74) is 6.02. The van der Waals surface area contributed by atoms with Crippen molar-refractivity contribution in [3.05, 3.63) is 69.8 Å².